The largest absolute Gasteiger partial charge is 0.312 e. The van der Waals surface area contributed by atoms with E-state index in [1.54, 1.807) is 6.07 Å². The minimum absolute atomic E-state index is 0.0625. The number of hydrogen-bond acceptors (Lipinski definition) is 4. The molecule has 0 aliphatic carbocycles. The van der Waals surface area contributed by atoms with Crippen molar-refractivity contribution in [3.63, 3.8) is 0 Å². The molecule has 1 aromatic carbocycles. The van der Waals surface area contributed by atoms with Crippen LogP contribution in [0.2, 0.25) is 0 Å². The molecule has 0 bridgehead atoms. The van der Waals surface area contributed by atoms with Crippen molar-refractivity contribution >= 4 is 17.7 Å². The van der Waals surface area contributed by atoms with Crippen LogP contribution in [0.25, 0.3) is 0 Å². The summed E-state index contributed by atoms with van der Waals surface area (Å²) in [4.78, 5) is 36.8. The van der Waals surface area contributed by atoms with E-state index < -0.39 is 23.5 Å². The van der Waals surface area contributed by atoms with Crippen molar-refractivity contribution in [2.75, 3.05) is 6.54 Å². The van der Waals surface area contributed by atoms with Gasteiger partial charge in [0, 0.05) is 24.9 Å². The first-order chi connectivity index (χ1) is 11.0. The fourth-order valence-corrected chi connectivity index (χ4v) is 3.52. The molecule has 1 atom stereocenters. The Morgan fingerprint density at radius 2 is 1.91 bits per heavy atom. The number of alkyl halides is 1. The highest BCUT2D eigenvalue weighted by atomic mass is 19.1. The van der Waals surface area contributed by atoms with Gasteiger partial charge in [-0.15, -0.1) is 0 Å². The van der Waals surface area contributed by atoms with E-state index in [0.29, 0.717) is 12.1 Å². The number of piperidine rings is 1. The summed E-state index contributed by atoms with van der Waals surface area (Å²) in [6, 6.07) is 3.74. The van der Waals surface area contributed by atoms with Crippen LogP contribution in [0.4, 0.5) is 4.39 Å². The number of amides is 3. The van der Waals surface area contributed by atoms with Gasteiger partial charge in [-0.3, -0.25) is 24.6 Å². The lowest BCUT2D eigenvalue weighted by Gasteiger charge is -2.35. The summed E-state index contributed by atoms with van der Waals surface area (Å²) >= 11 is 0. The molecule has 4 rings (SSSR count). The molecule has 0 radical (unpaired) electrons. The van der Waals surface area contributed by atoms with E-state index in [1.165, 1.54) is 0 Å². The lowest BCUT2D eigenvalue weighted by Crippen LogP contribution is -2.60. The van der Waals surface area contributed by atoms with Crippen LogP contribution in [-0.4, -0.2) is 35.0 Å². The van der Waals surface area contributed by atoms with E-state index in [0.717, 1.165) is 34.6 Å². The third-order valence-electron chi connectivity index (χ3n) is 4.83. The second-order valence-corrected chi connectivity index (χ2v) is 6.23. The molecule has 0 saturated carbocycles. The van der Waals surface area contributed by atoms with Crippen LogP contribution in [0.5, 0.6) is 0 Å². The number of imide groups is 1. The molecule has 120 valence electrons. The van der Waals surface area contributed by atoms with Crippen molar-refractivity contribution in [2.24, 2.45) is 0 Å². The third kappa shape index (κ3) is 2.07. The van der Waals surface area contributed by atoms with Crippen molar-refractivity contribution < 1.29 is 18.8 Å². The molecule has 7 heteroatoms. The fourth-order valence-electron chi connectivity index (χ4n) is 3.52. The van der Waals surface area contributed by atoms with E-state index in [4.69, 9.17) is 0 Å². The zero-order chi connectivity index (χ0) is 16.2. The lowest BCUT2D eigenvalue weighted by atomic mass is 9.95. The predicted molar refractivity (Wildman–Crippen MR) is 77.9 cm³/mol. The molecule has 2 N–H and O–H groups in total. The zero-order valence-corrected chi connectivity index (χ0v) is 12.4. The van der Waals surface area contributed by atoms with Gasteiger partial charge in [-0.1, -0.05) is 6.07 Å². The van der Waals surface area contributed by atoms with Crippen LogP contribution in [0.3, 0.4) is 0 Å². The summed E-state index contributed by atoms with van der Waals surface area (Å²) in [6.45, 7) is 1.62. The summed E-state index contributed by atoms with van der Waals surface area (Å²) < 4.78 is 15.2. The molecule has 0 aromatic heterocycles. The average Bonchev–Trinajstić information content (AvgIpc) is 2.86. The van der Waals surface area contributed by atoms with E-state index in [9.17, 15) is 14.4 Å². The van der Waals surface area contributed by atoms with Crippen molar-refractivity contribution in [1.29, 1.82) is 0 Å². The molecule has 3 aliphatic heterocycles. The van der Waals surface area contributed by atoms with Crippen molar-refractivity contribution in [3.8, 4) is 0 Å². The van der Waals surface area contributed by atoms with Gasteiger partial charge in [0.05, 0.1) is 6.54 Å². The normalized spacial score (nSPS) is 26.8. The minimum Gasteiger partial charge on any atom is -0.312 e. The fraction of sp³-hybridized carbons (Fsp3) is 0.438. The number of halogens is 1. The Morgan fingerprint density at radius 3 is 2.70 bits per heavy atom. The Labute approximate surface area is 132 Å². The van der Waals surface area contributed by atoms with Gasteiger partial charge in [0.25, 0.3) is 17.6 Å². The number of rotatable bonds is 1. The van der Waals surface area contributed by atoms with Crippen LogP contribution < -0.4 is 10.6 Å². The summed E-state index contributed by atoms with van der Waals surface area (Å²) in [5.74, 6) is -4.49. The van der Waals surface area contributed by atoms with E-state index in [1.807, 2.05) is 11.4 Å². The van der Waals surface area contributed by atoms with Crippen LogP contribution in [-0.2, 0) is 29.1 Å². The quantitative estimate of drug-likeness (QED) is 0.580. The van der Waals surface area contributed by atoms with Gasteiger partial charge in [-0.25, -0.2) is 4.39 Å². The van der Waals surface area contributed by atoms with Crippen LogP contribution in [0, 0.1) is 0 Å². The number of nitrogens with zero attached hydrogens (tertiary/aromatic N) is 1. The Kier molecular flexibility index (Phi) is 3.02. The summed E-state index contributed by atoms with van der Waals surface area (Å²) in [6.07, 6.45) is 0.466. The van der Waals surface area contributed by atoms with E-state index in [-0.39, 0.29) is 19.4 Å². The molecule has 23 heavy (non-hydrogen) atoms. The number of hydrogen-bond donors (Lipinski definition) is 2. The molecule has 3 aliphatic rings. The molecular weight excluding hydrogens is 301 g/mol. The van der Waals surface area contributed by atoms with Gasteiger partial charge in [0.15, 0.2) is 0 Å². The number of carbonyl (C=O) groups is 3. The van der Waals surface area contributed by atoms with E-state index in [2.05, 4.69) is 5.32 Å². The first-order valence-electron chi connectivity index (χ1n) is 7.69. The highest BCUT2D eigenvalue weighted by Crippen LogP contribution is 2.36. The summed E-state index contributed by atoms with van der Waals surface area (Å²) in [5, 5.41) is 5.23. The lowest BCUT2D eigenvalue weighted by molar-refractivity contribution is -0.154. The minimum atomic E-state index is -2.46. The summed E-state index contributed by atoms with van der Waals surface area (Å²) in [7, 11) is 0. The molecule has 1 fully saturated rings. The predicted octanol–water partition coefficient (Wildman–Crippen LogP) is 0.391. The van der Waals surface area contributed by atoms with Crippen LogP contribution >= 0.6 is 0 Å². The molecule has 3 amide bonds. The van der Waals surface area contributed by atoms with E-state index >= 15 is 4.39 Å². The Bertz CT molecular complexity index is 748. The Balaban J connectivity index is 1.69. The van der Waals surface area contributed by atoms with Gasteiger partial charge in [-0.2, -0.15) is 0 Å². The monoisotopic (exact) mass is 317 g/mol. The maximum Gasteiger partial charge on any atom is 0.285 e. The molecule has 1 aromatic rings. The second kappa shape index (κ2) is 4.86. The molecule has 3 heterocycles. The van der Waals surface area contributed by atoms with Crippen molar-refractivity contribution in [3.05, 3.63) is 34.4 Å². The molecule has 6 nitrogen and oxygen atoms in total. The standard InChI is InChI=1S/C16H16FN3O3/c17-16(3-1-13(21)19-15(16)23)20-8-11-5-9-2-4-18-7-10(9)6-12(11)14(20)22/h5-6,18H,1-4,7-8H2,(H,19,21,23). The van der Waals surface area contributed by atoms with Gasteiger partial charge < -0.3 is 5.32 Å². The number of carbonyl (C=O) groups excluding carboxylic acids is 3. The van der Waals surface area contributed by atoms with Gasteiger partial charge >= 0.3 is 0 Å². The maximum absolute atomic E-state index is 15.2. The topological polar surface area (TPSA) is 78.5 Å². The highest BCUT2D eigenvalue weighted by molar-refractivity contribution is 6.06. The average molecular weight is 317 g/mol. The first-order valence-corrected chi connectivity index (χ1v) is 7.69. The SMILES string of the molecule is O=C1CCC(F)(N2Cc3cc4c(cc3C2=O)CNCC4)C(=O)N1. The Morgan fingerprint density at radius 1 is 1.09 bits per heavy atom. The van der Waals surface area contributed by atoms with Crippen LogP contribution in [0.1, 0.15) is 39.9 Å². The smallest absolute Gasteiger partial charge is 0.285 e. The Hall–Kier alpha value is -2.28. The third-order valence-corrected chi connectivity index (χ3v) is 4.83. The van der Waals surface area contributed by atoms with Crippen molar-refractivity contribution in [1.82, 2.24) is 15.5 Å². The number of nitrogens with one attached hydrogen (secondary N) is 2. The highest BCUT2D eigenvalue weighted by Gasteiger charge is 2.52. The number of fused-ring (bicyclic) bond motifs is 2. The summed E-state index contributed by atoms with van der Waals surface area (Å²) in [5.41, 5.74) is 3.40. The molecule has 1 saturated heterocycles. The molecule has 1 unspecified atom stereocenters. The second-order valence-electron chi connectivity index (χ2n) is 6.23. The van der Waals surface area contributed by atoms with Gasteiger partial charge in [-0.05, 0) is 35.7 Å². The maximum atomic E-state index is 15.2. The van der Waals surface area contributed by atoms with Gasteiger partial charge in [0.2, 0.25) is 5.91 Å². The molecular formula is C16H16FN3O3. The van der Waals surface area contributed by atoms with Gasteiger partial charge in [0.1, 0.15) is 0 Å². The van der Waals surface area contributed by atoms with Crippen molar-refractivity contribution in [2.45, 2.75) is 38.1 Å². The molecule has 0 spiro atoms. The first kappa shape index (κ1) is 14.3. The zero-order valence-electron chi connectivity index (χ0n) is 12.4. The van der Waals surface area contributed by atoms with Crippen LogP contribution in [0.15, 0.2) is 12.1 Å². The number of benzene rings is 1.